The summed E-state index contributed by atoms with van der Waals surface area (Å²) in [5.41, 5.74) is 1.03. The van der Waals surface area contributed by atoms with Gasteiger partial charge in [0, 0.05) is 22.8 Å². The van der Waals surface area contributed by atoms with Gasteiger partial charge < -0.3 is 10.2 Å². The van der Waals surface area contributed by atoms with Gasteiger partial charge in [0.25, 0.3) is 5.91 Å². The Labute approximate surface area is 137 Å². The zero-order chi connectivity index (χ0) is 16.4. The van der Waals surface area contributed by atoms with Crippen LogP contribution in [0.25, 0.3) is 0 Å². The predicted octanol–water partition coefficient (Wildman–Crippen LogP) is 3.01. The van der Waals surface area contributed by atoms with Gasteiger partial charge in [-0.3, -0.25) is 9.59 Å². The lowest BCUT2D eigenvalue weighted by Crippen LogP contribution is -2.41. The predicted molar refractivity (Wildman–Crippen MR) is 86.1 cm³/mol. The van der Waals surface area contributed by atoms with Crippen molar-refractivity contribution in [1.82, 2.24) is 5.32 Å². The monoisotopic (exact) mass is 332 g/mol. The van der Waals surface area contributed by atoms with Gasteiger partial charge in [-0.15, -0.1) is 0 Å². The summed E-state index contributed by atoms with van der Waals surface area (Å²) < 4.78 is 13.0. The third-order valence-corrected chi connectivity index (χ3v) is 3.97. The minimum Gasteiger partial charge on any atom is -0.340 e. The van der Waals surface area contributed by atoms with Gasteiger partial charge >= 0.3 is 0 Å². The van der Waals surface area contributed by atoms with E-state index in [9.17, 15) is 14.0 Å². The summed E-state index contributed by atoms with van der Waals surface area (Å²) in [7, 11) is 0. The van der Waals surface area contributed by atoms with Crippen LogP contribution < -0.4 is 10.2 Å². The number of carbonyl (C=O) groups excluding carboxylic acids is 2. The van der Waals surface area contributed by atoms with E-state index in [0.29, 0.717) is 29.2 Å². The Morgan fingerprint density at radius 1 is 1.22 bits per heavy atom. The highest BCUT2D eigenvalue weighted by atomic mass is 35.5. The molecule has 1 aliphatic heterocycles. The number of amides is 2. The maximum Gasteiger partial charge on any atom is 0.251 e. The van der Waals surface area contributed by atoms with Gasteiger partial charge in [0.1, 0.15) is 11.9 Å². The van der Waals surface area contributed by atoms with Gasteiger partial charge in [-0.05, 0) is 48.9 Å². The molecule has 1 heterocycles. The lowest BCUT2D eigenvalue weighted by molar-refractivity contribution is -0.118. The Morgan fingerprint density at radius 3 is 2.65 bits per heavy atom. The van der Waals surface area contributed by atoms with Crippen LogP contribution in [0.1, 0.15) is 16.8 Å². The molecule has 3 rings (SSSR count). The van der Waals surface area contributed by atoms with E-state index in [1.54, 1.807) is 41.3 Å². The molecule has 1 atom stereocenters. The van der Waals surface area contributed by atoms with E-state index in [1.807, 2.05) is 0 Å². The standard InChI is InChI=1S/C17H14ClFN2O2/c18-12-3-1-2-11(10-12)16(22)20-15-8-9-21(17(15)23)14-6-4-13(19)5-7-14/h1-7,10,15H,8-9H2,(H,20,22)/t15-/m0/s1. The minimum absolute atomic E-state index is 0.202. The van der Waals surface area contributed by atoms with Gasteiger partial charge in [-0.1, -0.05) is 17.7 Å². The lowest BCUT2D eigenvalue weighted by Gasteiger charge is -2.17. The van der Waals surface area contributed by atoms with Crippen molar-refractivity contribution in [2.75, 3.05) is 11.4 Å². The molecule has 4 nitrogen and oxygen atoms in total. The van der Waals surface area contributed by atoms with Crippen LogP contribution in [0.15, 0.2) is 48.5 Å². The summed E-state index contributed by atoms with van der Waals surface area (Å²) in [6, 6.07) is 11.7. The van der Waals surface area contributed by atoms with Crippen LogP contribution in [0.5, 0.6) is 0 Å². The molecule has 0 aliphatic carbocycles. The number of hydrogen-bond acceptors (Lipinski definition) is 2. The average Bonchev–Trinajstić information content (AvgIpc) is 2.89. The molecular weight excluding hydrogens is 319 g/mol. The Bertz CT molecular complexity index is 749. The van der Waals surface area contributed by atoms with Gasteiger partial charge in [0.05, 0.1) is 0 Å². The smallest absolute Gasteiger partial charge is 0.251 e. The molecule has 2 aromatic rings. The largest absolute Gasteiger partial charge is 0.340 e. The fourth-order valence-corrected chi connectivity index (χ4v) is 2.75. The number of rotatable bonds is 3. The summed E-state index contributed by atoms with van der Waals surface area (Å²) in [4.78, 5) is 26.2. The molecule has 23 heavy (non-hydrogen) atoms. The Hall–Kier alpha value is -2.40. The molecule has 0 unspecified atom stereocenters. The molecule has 1 aliphatic rings. The Kier molecular flexibility index (Phi) is 4.30. The first kappa shape index (κ1) is 15.5. The van der Waals surface area contributed by atoms with Crippen LogP contribution in [0.2, 0.25) is 5.02 Å². The number of carbonyl (C=O) groups is 2. The van der Waals surface area contributed by atoms with E-state index in [0.717, 1.165) is 0 Å². The molecule has 0 aromatic heterocycles. The van der Waals surface area contributed by atoms with Crippen molar-refractivity contribution in [1.29, 1.82) is 0 Å². The topological polar surface area (TPSA) is 49.4 Å². The molecule has 0 radical (unpaired) electrons. The molecule has 2 amide bonds. The number of benzene rings is 2. The average molecular weight is 333 g/mol. The highest BCUT2D eigenvalue weighted by Crippen LogP contribution is 2.22. The second-order valence-electron chi connectivity index (χ2n) is 5.29. The summed E-state index contributed by atoms with van der Waals surface area (Å²) in [5.74, 6) is -0.898. The highest BCUT2D eigenvalue weighted by molar-refractivity contribution is 6.31. The molecule has 6 heteroatoms. The Balaban J connectivity index is 1.69. The van der Waals surface area contributed by atoms with Crippen LogP contribution in [-0.4, -0.2) is 24.4 Å². The highest BCUT2D eigenvalue weighted by Gasteiger charge is 2.33. The van der Waals surface area contributed by atoms with E-state index >= 15 is 0 Å². The summed E-state index contributed by atoms with van der Waals surface area (Å²) in [6.07, 6.45) is 0.502. The van der Waals surface area contributed by atoms with Crippen LogP contribution >= 0.6 is 11.6 Å². The lowest BCUT2D eigenvalue weighted by atomic mass is 10.2. The van der Waals surface area contributed by atoms with E-state index < -0.39 is 6.04 Å². The zero-order valence-electron chi connectivity index (χ0n) is 12.1. The summed E-state index contributed by atoms with van der Waals surface area (Å²) in [5, 5.41) is 3.18. The van der Waals surface area contributed by atoms with Crippen molar-refractivity contribution in [2.24, 2.45) is 0 Å². The number of nitrogens with zero attached hydrogens (tertiary/aromatic N) is 1. The first-order valence-electron chi connectivity index (χ1n) is 7.18. The number of hydrogen-bond donors (Lipinski definition) is 1. The normalized spacial score (nSPS) is 17.4. The van der Waals surface area contributed by atoms with Crippen molar-refractivity contribution < 1.29 is 14.0 Å². The van der Waals surface area contributed by atoms with Crippen molar-refractivity contribution in [2.45, 2.75) is 12.5 Å². The molecule has 0 saturated carbocycles. The Morgan fingerprint density at radius 2 is 1.96 bits per heavy atom. The number of anilines is 1. The molecule has 2 aromatic carbocycles. The fraction of sp³-hybridized carbons (Fsp3) is 0.176. The maximum atomic E-state index is 13.0. The van der Waals surface area contributed by atoms with Crippen LogP contribution in [-0.2, 0) is 4.79 Å². The van der Waals surface area contributed by atoms with E-state index in [-0.39, 0.29) is 17.6 Å². The van der Waals surface area contributed by atoms with Crippen LogP contribution in [0, 0.1) is 5.82 Å². The summed E-state index contributed by atoms with van der Waals surface area (Å²) >= 11 is 5.86. The SMILES string of the molecule is O=C(N[C@H]1CCN(c2ccc(F)cc2)C1=O)c1cccc(Cl)c1. The number of halogens is 2. The van der Waals surface area contributed by atoms with E-state index in [1.165, 1.54) is 12.1 Å². The van der Waals surface area contributed by atoms with E-state index in [2.05, 4.69) is 5.32 Å². The first-order chi connectivity index (χ1) is 11.0. The third kappa shape index (κ3) is 3.35. The van der Waals surface area contributed by atoms with E-state index in [4.69, 9.17) is 11.6 Å². The second-order valence-corrected chi connectivity index (χ2v) is 5.73. The molecule has 1 N–H and O–H groups in total. The van der Waals surface area contributed by atoms with Gasteiger partial charge in [-0.25, -0.2) is 4.39 Å². The first-order valence-corrected chi connectivity index (χ1v) is 7.56. The molecule has 118 valence electrons. The van der Waals surface area contributed by atoms with Crippen molar-refractivity contribution in [3.63, 3.8) is 0 Å². The second kappa shape index (κ2) is 6.38. The van der Waals surface area contributed by atoms with Gasteiger partial charge in [-0.2, -0.15) is 0 Å². The quantitative estimate of drug-likeness (QED) is 0.939. The van der Waals surface area contributed by atoms with Crippen molar-refractivity contribution in [3.05, 3.63) is 64.9 Å². The minimum atomic E-state index is -0.591. The van der Waals surface area contributed by atoms with Crippen molar-refractivity contribution in [3.8, 4) is 0 Å². The fourth-order valence-electron chi connectivity index (χ4n) is 2.56. The van der Waals surface area contributed by atoms with Crippen LogP contribution in [0.3, 0.4) is 0 Å². The zero-order valence-corrected chi connectivity index (χ0v) is 12.9. The molecule has 0 spiro atoms. The van der Waals surface area contributed by atoms with Gasteiger partial charge in [0.15, 0.2) is 0 Å². The van der Waals surface area contributed by atoms with Gasteiger partial charge in [0.2, 0.25) is 5.91 Å². The molecule has 0 bridgehead atoms. The molecule has 1 fully saturated rings. The van der Waals surface area contributed by atoms with Crippen LogP contribution in [0.4, 0.5) is 10.1 Å². The summed E-state index contributed by atoms with van der Waals surface area (Å²) in [6.45, 7) is 0.477. The molecule has 1 saturated heterocycles. The van der Waals surface area contributed by atoms with Crippen molar-refractivity contribution >= 4 is 29.1 Å². The molecular formula is C17H14ClFN2O2. The third-order valence-electron chi connectivity index (χ3n) is 3.74. The maximum absolute atomic E-state index is 13.0. The number of nitrogens with one attached hydrogen (secondary N) is 1.